The minimum absolute atomic E-state index is 0.0159. The molecule has 1 rings (SSSR count). The minimum Gasteiger partial charge on any atom is -0.493 e. The fraction of sp³-hybridized carbons (Fsp3) is 0.375. The standard InChI is InChI=1S/C16H19NO8/c1-5-24-16(19)15(25-10(2)18)12(17(20)21)8-11-6-7-13(22-3)14(9-11)23-4/h6-9,15H,5H2,1-4H3/b12-8+. The molecule has 0 aliphatic carbocycles. The van der Waals surface area contributed by atoms with Crippen LogP contribution in [0.15, 0.2) is 23.9 Å². The van der Waals surface area contributed by atoms with Gasteiger partial charge in [0.1, 0.15) is 0 Å². The van der Waals surface area contributed by atoms with Crippen LogP contribution in [0.2, 0.25) is 0 Å². The Labute approximate surface area is 144 Å². The molecule has 9 heteroatoms. The van der Waals surface area contributed by atoms with Gasteiger partial charge in [-0.15, -0.1) is 0 Å². The van der Waals surface area contributed by atoms with Crippen LogP contribution < -0.4 is 9.47 Å². The molecule has 0 heterocycles. The molecule has 0 N–H and O–H groups in total. The molecule has 0 saturated carbocycles. The van der Waals surface area contributed by atoms with E-state index in [-0.39, 0.29) is 6.61 Å². The number of esters is 2. The van der Waals surface area contributed by atoms with Crippen LogP contribution in [0.4, 0.5) is 0 Å². The fourth-order valence-corrected chi connectivity index (χ4v) is 1.95. The molecule has 1 aromatic carbocycles. The highest BCUT2D eigenvalue weighted by atomic mass is 16.6. The van der Waals surface area contributed by atoms with E-state index in [0.29, 0.717) is 17.1 Å². The maximum atomic E-state index is 11.9. The highest BCUT2D eigenvalue weighted by Crippen LogP contribution is 2.29. The Balaban J connectivity index is 3.35. The highest BCUT2D eigenvalue weighted by molar-refractivity contribution is 5.82. The predicted molar refractivity (Wildman–Crippen MR) is 86.7 cm³/mol. The second-order valence-corrected chi connectivity index (χ2v) is 4.68. The van der Waals surface area contributed by atoms with Crippen LogP contribution in [0, 0.1) is 10.1 Å². The van der Waals surface area contributed by atoms with Gasteiger partial charge in [-0.25, -0.2) is 4.79 Å². The number of nitro groups is 1. The van der Waals surface area contributed by atoms with Gasteiger partial charge in [0, 0.05) is 13.0 Å². The van der Waals surface area contributed by atoms with Crippen LogP contribution in [0.1, 0.15) is 19.4 Å². The predicted octanol–water partition coefficient (Wildman–Crippen LogP) is 1.82. The summed E-state index contributed by atoms with van der Waals surface area (Å²) in [5.74, 6) is -1.09. The minimum atomic E-state index is -1.78. The second kappa shape index (κ2) is 9.26. The van der Waals surface area contributed by atoms with E-state index in [0.717, 1.165) is 13.0 Å². The Morgan fingerprint density at radius 3 is 2.36 bits per heavy atom. The highest BCUT2D eigenvalue weighted by Gasteiger charge is 2.36. The van der Waals surface area contributed by atoms with Gasteiger partial charge in [-0.1, -0.05) is 6.07 Å². The molecule has 0 saturated heterocycles. The van der Waals surface area contributed by atoms with Gasteiger partial charge in [0.2, 0.25) is 0 Å². The summed E-state index contributed by atoms with van der Waals surface area (Å²) in [6, 6.07) is 4.56. The first-order valence-electron chi connectivity index (χ1n) is 7.25. The molecule has 0 aromatic heterocycles. The van der Waals surface area contributed by atoms with Gasteiger partial charge in [-0.05, 0) is 24.6 Å². The molecule has 9 nitrogen and oxygen atoms in total. The average molecular weight is 353 g/mol. The molecule has 136 valence electrons. The van der Waals surface area contributed by atoms with E-state index in [1.807, 2.05) is 0 Å². The first-order chi connectivity index (χ1) is 11.8. The molecular weight excluding hydrogens is 334 g/mol. The van der Waals surface area contributed by atoms with Crippen molar-refractivity contribution in [2.24, 2.45) is 0 Å². The fourth-order valence-electron chi connectivity index (χ4n) is 1.95. The van der Waals surface area contributed by atoms with E-state index in [9.17, 15) is 19.7 Å². The molecule has 1 unspecified atom stereocenters. The lowest BCUT2D eigenvalue weighted by atomic mass is 10.1. The van der Waals surface area contributed by atoms with Crippen molar-refractivity contribution in [3.05, 3.63) is 39.6 Å². The molecule has 0 amide bonds. The SMILES string of the molecule is CCOC(=O)C(OC(C)=O)/C(=C\c1ccc(OC)c(OC)c1)[N+](=O)[O-]. The monoisotopic (exact) mass is 353 g/mol. The van der Waals surface area contributed by atoms with Crippen molar-refractivity contribution in [2.75, 3.05) is 20.8 Å². The van der Waals surface area contributed by atoms with E-state index in [2.05, 4.69) is 0 Å². The summed E-state index contributed by atoms with van der Waals surface area (Å²) < 4.78 is 19.8. The van der Waals surface area contributed by atoms with Crippen molar-refractivity contribution in [3.8, 4) is 11.5 Å². The molecule has 0 bridgehead atoms. The number of hydrogen-bond acceptors (Lipinski definition) is 8. The Morgan fingerprint density at radius 2 is 1.88 bits per heavy atom. The van der Waals surface area contributed by atoms with Crippen LogP contribution in [-0.4, -0.2) is 43.8 Å². The normalized spacial score (nSPS) is 12.1. The average Bonchev–Trinajstić information content (AvgIpc) is 2.57. The number of hydrogen-bond donors (Lipinski definition) is 0. The van der Waals surface area contributed by atoms with Crippen LogP contribution in [0.3, 0.4) is 0 Å². The van der Waals surface area contributed by atoms with Gasteiger partial charge in [-0.3, -0.25) is 14.9 Å². The topological polar surface area (TPSA) is 114 Å². The van der Waals surface area contributed by atoms with Crippen LogP contribution in [0.5, 0.6) is 11.5 Å². The number of methoxy groups -OCH3 is 2. The molecule has 0 radical (unpaired) electrons. The van der Waals surface area contributed by atoms with E-state index in [4.69, 9.17) is 18.9 Å². The van der Waals surface area contributed by atoms with Gasteiger partial charge < -0.3 is 18.9 Å². The number of ether oxygens (including phenoxy) is 4. The number of carbonyl (C=O) groups is 2. The molecule has 0 spiro atoms. The van der Waals surface area contributed by atoms with Gasteiger partial charge in [0.15, 0.2) is 11.5 Å². The summed E-state index contributed by atoms with van der Waals surface area (Å²) in [5, 5.41) is 11.4. The first-order valence-corrected chi connectivity index (χ1v) is 7.25. The number of carbonyl (C=O) groups excluding carboxylic acids is 2. The lowest BCUT2D eigenvalue weighted by Gasteiger charge is -2.13. The lowest BCUT2D eigenvalue weighted by Crippen LogP contribution is -2.33. The maximum absolute atomic E-state index is 11.9. The van der Waals surface area contributed by atoms with Crippen LogP contribution in [0.25, 0.3) is 6.08 Å². The third-order valence-electron chi connectivity index (χ3n) is 2.99. The summed E-state index contributed by atoms with van der Waals surface area (Å²) in [6.45, 7) is 2.56. The summed E-state index contributed by atoms with van der Waals surface area (Å²) >= 11 is 0. The smallest absolute Gasteiger partial charge is 0.358 e. The Bertz CT molecular complexity index is 683. The molecule has 0 aliphatic heterocycles. The second-order valence-electron chi connectivity index (χ2n) is 4.68. The molecule has 0 aliphatic rings. The zero-order valence-electron chi connectivity index (χ0n) is 14.3. The first kappa shape index (κ1) is 19.9. The molecule has 1 aromatic rings. The molecule has 1 atom stereocenters. The van der Waals surface area contributed by atoms with Crippen molar-refractivity contribution >= 4 is 18.0 Å². The lowest BCUT2D eigenvalue weighted by molar-refractivity contribution is -0.432. The number of nitrogens with zero attached hydrogens (tertiary/aromatic N) is 1. The van der Waals surface area contributed by atoms with Gasteiger partial charge in [0.25, 0.3) is 11.8 Å². The number of rotatable bonds is 8. The largest absolute Gasteiger partial charge is 0.493 e. The van der Waals surface area contributed by atoms with Crippen molar-refractivity contribution in [2.45, 2.75) is 20.0 Å². The van der Waals surface area contributed by atoms with Crippen molar-refractivity contribution in [1.82, 2.24) is 0 Å². The third kappa shape index (κ3) is 5.48. The zero-order valence-corrected chi connectivity index (χ0v) is 14.3. The summed E-state index contributed by atoms with van der Waals surface area (Å²) in [7, 11) is 2.87. The summed E-state index contributed by atoms with van der Waals surface area (Å²) in [5.41, 5.74) is -0.285. The molecular formula is C16H19NO8. The van der Waals surface area contributed by atoms with Crippen molar-refractivity contribution in [1.29, 1.82) is 0 Å². The number of benzene rings is 1. The summed E-state index contributed by atoms with van der Waals surface area (Å²) in [6.07, 6.45) is -0.674. The van der Waals surface area contributed by atoms with E-state index in [1.54, 1.807) is 6.07 Å². The van der Waals surface area contributed by atoms with Gasteiger partial charge in [0.05, 0.1) is 25.7 Å². The van der Waals surface area contributed by atoms with Gasteiger partial charge >= 0.3 is 11.9 Å². The summed E-state index contributed by atoms with van der Waals surface area (Å²) in [4.78, 5) is 33.7. The third-order valence-corrected chi connectivity index (χ3v) is 2.99. The van der Waals surface area contributed by atoms with E-state index >= 15 is 0 Å². The Hall–Kier alpha value is -3.10. The van der Waals surface area contributed by atoms with E-state index in [1.165, 1.54) is 33.3 Å². The molecule has 25 heavy (non-hydrogen) atoms. The Morgan fingerprint density at radius 1 is 1.24 bits per heavy atom. The van der Waals surface area contributed by atoms with E-state index < -0.39 is 28.7 Å². The van der Waals surface area contributed by atoms with Crippen LogP contribution >= 0.6 is 0 Å². The van der Waals surface area contributed by atoms with Gasteiger partial charge in [-0.2, -0.15) is 0 Å². The zero-order chi connectivity index (χ0) is 19.0. The van der Waals surface area contributed by atoms with Crippen molar-refractivity contribution in [3.63, 3.8) is 0 Å². The Kier molecular flexibility index (Phi) is 7.39. The molecule has 0 fully saturated rings. The van der Waals surface area contributed by atoms with Crippen molar-refractivity contribution < 1.29 is 33.5 Å². The maximum Gasteiger partial charge on any atom is 0.358 e. The van der Waals surface area contributed by atoms with Crippen LogP contribution in [-0.2, 0) is 19.1 Å². The quantitative estimate of drug-likeness (QED) is 0.395.